The van der Waals surface area contributed by atoms with Gasteiger partial charge < -0.3 is 10.4 Å². The van der Waals surface area contributed by atoms with Crippen LogP contribution in [0.2, 0.25) is 0 Å². The van der Waals surface area contributed by atoms with Crippen molar-refractivity contribution in [2.75, 3.05) is 6.61 Å². The minimum absolute atomic E-state index is 0.0846. The monoisotopic (exact) mass is 280 g/mol. The predicted octanol–water partition coefficient (Wildman–Crippen LogP) is 1.28. The molecule has 1 aromatic carbocycles. The molecule has 106 valence electrons. The van der Waals surface area contributed by atoms with E-state index < -0.39 is 0 Å². The molecule has 0 radical (unpaired) electrons. The molecule has 1 aromatic heterocycles. The summed E-state index contributed by atoms with van der Waals surface area (Å²) in [7, 11) is 0. The molecule has 0 aliphatic rings. The van der Waals surface area contributed by atoms with E-state index in [1.807, 2.05) is 42.5 Å². The Morgan fingerprint density at radius 1 is 1.19 bits per heavy atom. The summed E-state index contributed by atoms with van der Waals surface area (Å²) < 4.78 is 0. The number of aliphatic hydroxyl groups is 1. The van der Waals surface area contributed by atoms with Crippen molar-refractivity contribution in [3.05, 3.63) is 65.5 Å². The third kappa shape index (κ3) is 4.75. The van der Waals surface area contributed by atoms with Gasteiger partial charge in [0, 0.05) is 24.0 Å². The molecule has 21 heavy (non-hydrogen) atoms. The number of rotatable bonds is 4. The van der Waals surface area contributed by atoms with Crippen LogP contribution in [0.3, 0.4) is 0 Å². The minimum Gasteiger partial charge on any atom is -0.384 e. The van der Waals surface area contributed by atoms with Crippen LogP contribution in [0.25, 0.3) is 0 Å². The van der Waals surface area contributed by atoms with Crippen LogP contribution in [0.15, 0.2) is 48.7 Å². The van der Waals surface area contributed by atoms with E-state index in [1.54, 1.807) is 6.20 Å². The normalized spacial score (nSPS) is 9.57. The lowest BCUT2D eigenvalue weighted by molar-refractivity contribution is -0.120. The van der Waals surface area contributed by atoms with E-state index in [0.717, 1.165) is 16.8 Å². The zero-order valence-corrected chi connectivity index (χ0v) is 11.5. The lowest BCUT2D eigenvalue weighted by Crippen LogP contribution is -2.25. The summed E-state index contributed by atoms with van der Waals surface area (Å²) >= 11 is 0. The Kier molecular flexibility index (Phi) is 5.50. The third-order valence-corrected chi connectivity index (χ3v) is 2.86. The number of carbonyl (C=O) groups is 1. The third-order valence-electron chi connectivity index (χ3n) is 2.86. The SMILES string of the molecule is O=C(Cc1ccccn1)NCc1ccccc1C#CCO. The lowest BCUT2D eigenvalue weighted by atomic mass is 10.1. The maximum Gasteiger partial charge on any atom is 0.226 e. The number of aromatic nitrogens is 1. The summed E-state index contributed by atoms with van der Waals surface area (Å²) in [5.74, 6) is 5.40. The van der Waals surface area contributed by atoms with Crippen LogP contribution in [0.5, 0.6) is 0 Å². The molecule has 2 N–H and O–H groups in total. The average molecular weight is 280 g/mol. The number of hydrogen-bond donors (Lipinski definition) is 2. The highest BCUT2D eigenvalue weighted by Gasteiger charge is 2.05. The molecule has 0 unspecified atom stereocenters. The summed E-state index contributed by atoms with van der Waals surface area (Å²) in [5.41, 5.74) is 2.47. The van der Waals surface area contributed by atoms with Gasteiger partial charge in [0.25, 0.3) is 0 Å². The van der Waals surface area contributed by atoms with Crippen LogP contribution in [-0.4, -0.2) is 22.6 Å². The molecule has 0 aliphatic heterocycles. The molecule has 2 rings (SSSR count). The Balaban J connectivity index is 1.95. The van der Waals surface area contributed by atoms with E-state index in [9.17, 15) is 4.79 Å². The first-order valence-electron chi connectivity index (χ1n) is 6.64. The van der Waals surface area contributed by atoms with Crippen LogP contribution in [0, 0.1) is 11.8 Å². The van der Waals surface area contributed by atoms with Gasteiger partial charge in [-0.3, -0.25) is 9.78 Å². The van der Waals surface area contributed by atoms with Gasteiger partial charge in [-0.05, 0) is 23.8 Å². The summed E-state index contributed by atoms with van der Waals surface area (Å²) in [5, 5.41) is 11.6. The van der Waals surface area contributed by atoms with Crippen molar-refractivity contribution < 1.29 is 9.90 Å². The first-order chi connectivity index (χ1) is 10.3. The molecule has 0 aliphatic carbocycles. The molecule has 0 saturated heterocycles. The van der Waals surface area contributed by atoms with Crippen LogP contribution in [0.1, 0.15) is 16.8 Å². The molecule has 0 atom stereocenters. The Bertz CT molecular complexity index is 657. The molecule has 4 heteroatoms. The van der Waals surface area contributed by atoms with Gasteiger partial charge in [0.05, 0.1) is 6.42 Å². The summed E-state index contributed by atoms with van der Waals surface area (Å²) in [4.78, 5) is 16.0. The largest absolute Gasteiger partial charge is 0.384 e. The average Bonchev–Trinajstić information content (AvgIpc) is 2.52. The van der Waals surface area contributed by atoms with Gasteiger partial charge in [-0.1, -0.05) is 36.1 Å². The number of aliphatic hydroxyl groups excluding tert-OH is 1. The second-order valence-electron chi connectivity index (χ2n) is 4.39. The van der Waals surface area contributed by atoms with Crippen molar-refractivity contribution >= 4 is 5.91 Å². The van der Waals surface area contributed by atoms with E-state index in [4.69, 9.17) is 5.11 Å². The van der Waals surface area contributed by atoms with Gasteiger partial charge in [-0.15, -0.1) is 0 Å². The summed E-state index contributed by atoms with van der Waals surface area (Å²) in [6, 6.07) is 13.0. The molecule has 0 fully saturated rings. The van der Waals surface area contributed by atoms with Crippen LogP contribution < -0.4 is 5.32 Å². The van der Waals surface area contributed by atoms with Crippen LogP contribution in [0.4, 0.5) is 0 Å². The first kappa shape index (κ1) is 14.8. The minimum atomic E-state index is -0.180. The van der Waals surface area contributed by atoms with Crippen molar-refractivity contribution in [1.29, 1.82) is 0 Å². The standard InChI is InChI=1S/C17H16N2O2/c20-11-5-8-14-6-1-2-7-15(14)13-19-17(21)12-16-9-3-4-10-18-16/h1-4,6-7,9-10,20H,11-13H2,(H,19,21). The number of hydrogen-bond acceptors (Lipinski definition) is 3. The molecule has 2 aromatic rings. The van der Waals surface area contributed by atoms with E-state index in [2.05, 4.69) is 22.1 Å². The van der Waals surface area contributed by atoms with E-state index in [-0.39, 0.29) is 18.9 Å². The fourth-order valence-electron chi connectivity index (χ4n) is 1.85. The zero-order valence-electron chi connectivity index (χ0n) is 11.5. The van der Waals surface area contributed by atoms with Crippen molar-refractivity contribution in [3.63, 3.8) is 0 Å². The van der Waals surface area contributed by atoms with E-state index in [0.29, 0.717) is 6.54 Å². The number of amides is 1. The highest BCUT2D eigenvalue weighted by atomic mass is 16.2. The fourth-order valence-corrected chi connectivity index (χ4v) is 1.85. The first-order valence-corrected chi connectivity index (χ1v) is 6.64. The van der Waals surface area contributed by atoms with E-state index >= 15 is 0 Å². The summed E-state index contributed by atoms with van der Waals surface area (Å²) in [6.45, 7) is 0.225. The molecule has 4 nitrogen and oxygen atoms in total. The molecule has 1 heterocycles. The number of pyridine rings is 1. The van der Waals surface area contributed by atoms with Gasteiger partial charge in [-0.25, -0.2) is 0 Å². The molecule has 1 amide bonds. The topological polar surface area (TPSA) is 62.2 Å². The van der Waals surface area contributed by atoms with Crippen molar-refractivity contribution in [3.8, 4) is 11.8 Å². The Labute approximate surface area is 123 Å². The Hall–Kier alpha value is -2.64. The fraction of sp³-hybridized carbons (Fsp3) is 0.176. The summed E-state index contributed by atoms with van der Waals surface area (Å²) in [6.07, 6.45) is 1.92. The predicted molar refractivity (Wildman–Crippen MR) is 80.2 cm³/mol. The van der Waals surface area contributed by atoms with Crippen molar-refractivity contribution in [2.45, 2.75) is 13.0 Å². The molecule has 0 saturated carbocycles. The van der Waals surface area contributed by atoms with Crippen LogP contribution in [-0.2, 0) is 17.8 Å². The molecular weight excluding hydrogens is 264 g/mol. The van der Waals surface area contributed by atoms with Gasteiger partial charge in [0.1, 0.15) is 6.61 Å². The zero-order chi connectivity index (χ0) is 14.9. The maximum atomic E-state index is 11.9. The number of nitrogens with zero attached hydrogens (tertiary/aromatic N) is 1. The molecule has 0 spiro atoms. The number of benzene rings is 1. The van der Waals surface area contributed by atoms with Crippen molar-refractivity contribution in [2.24, 2.45) is 0 Å². The quantitative estimate of drug-likeness (QED) is 0.829. The molecule has 0 bridgehead atoms. The van der Waals surface area contributed by atoms with Gasteiger partial charge >= 0.3 is 0 Å². The van der Waals surface area contributed by atoms with Crippen molar-refractivity contribution in [1.82, 2.24) is 10.3 Å². The highest BCUT2D eigenvalue weighted by Crippen LogP contribution is 2.07. The second kappa shape index (κ2) is 7.83. The maximum absolute atomic E-state index is 11.9. The number of carbonyl (C=O) groups excluding carboxylic acids is 1. The molecular formula is C17H16N2O2. The van der Waals surface area contributed by atoms with Gasteiger partial charge in [0.2, 0.25) is 5.91 Å². The Morgan fingerprint density at radius 3 is 2.76 bits per heavy atom. The second-order valence-corrected chi connectivity index (χ2v) is 4.39. The van der Waals surface area contributed by atoms with Gasteiger partial charge in [-0.2, -0.15) is 0 Å². The van der Waals surface area contributed by atoms with Crippen LogP contribution >= 0.6 is 0 Å². The van der Waals surface area contributed by atoms with E-state index in [1.165, 1.54) is 0 Å². The highest BCUT2D eigenvalue weighted by molar-refractivity contribution is 5.78. The Morgan fingerprint density at radius 2 is 2.00 bits per heavy atom. The van der Waals surface area contributed by atoms with Gasteiger partial charge in [0.15, 0.2) is 0 Å². The lowest BCUT2D eigenvalue weighted by Gasteiger charge is -2.07. The number of nitrogens with one attached hydrogen (secondary N) is 1. The smallest absolute Gasteiger partial charge is 0.226 e.